The number of benzene rings is 1. The number of pyridine rings is 1. The molecule has 0 spiro atoms. The van der Waals surface area contributed by atoms with Crippen molar-refractivity contribution in [3.63, 3.8) is 0 Å². The molecule has 0 amide bonds. The largest absolute Gasteiger partial charge is 0.398 e. The van der Waals surface area contributed by atoms with E-state index in [1.807, 2.05) is 31.3 Å². The summed E-state index contributed by atoms with van der Waals surface area (Å²) in [5, 5.41) is 0. The van der Waals surface area contributed by atoms with E-state index in [2.05, 4.69) is 51.8 Å². The summed E-state index contributed by atoms with van der Waals surface area (Å²) in [5.74, 6) is 0.953. The molecule has 0 aliphatic rings. The Bertz CT molecular complexity index is 596. The van der Waals surface area contributed by atoms with Crippen LogP contribution in [0.15, 0.2) is 41.0 Å². The van der Waals surface area contributed by atoms with Crippen LogP contribution in [0.3, 0.4) is 0 Å². The summed E-state index contributed by atoms with van der Waals surface area (Å²) in [7, 11) is 0. The zero-order valence-electron chi connectivity index (χ0n) is 12.1. The quantitative estimate of drug-likeness (QED) is 0.854. The van der Waals surface area contributed by atoms with E-state index in [0.717, 1.165) is 33.6 Å². The van der Waals surface area contributed by atoms with Crippen molar-refractivity contribution in [3.05, 3.63) is 52.1 Å². The zero-order chi connectivity index (χ0) is 14.7. The number of hydrogen-bond acceptors (Lipinski definition) is 3. The monoisotopic (exact) mass is 333 g/mol. The van der Waals surface area contributed by atoms with E-state index in [1.54, 1.807) is 0 Å². The number of nitrogen functional groups attached to an aromatic ring is 1. The first-order chi connectivity index (χ1) is 9.49. The first-order valence-electron chi connectivity index (χ1n) is 6.71. The second-order valence-electron chi connectivity index (χ2n) is 5.24. The van der Waals surface area contributed by atoms with Gasteiger partial charge in [-0.2, -0.15) is 0 Å². The van der Waals surface area contributed by atoms with Crippen LogP contribution in [0, 0.1) is 6.92 Å². The minimum absolute atomic E-state index is 0.334. The Balaban J connectivity index is 2.35. The molecule has 0 saturated heterocycles. The summed E-state index contributed by atoms with van der Waals surface area (Å²) < 4.78 is 1.01. The number of rotatable bonds is 4. The van der Waals surface area contributed by atoms with E-state index in [1.165, 1.54) is 0 Å². The van der Waals surface area contributed by atoms with Crippen molar-refractivity contribution < 1.29 is 0 Å². The Kier molecular flexibility index (Phi) is 4.65. The average Bonchev–Trinajstić information content (AvgIpc) is 2.38. The van der Waals surface area contributed by atoms with Gasteiger partial charge in [0, 0.05) is 24.5 Å². The van der Waals surface area contributed by atoms with Crippen LogP contribution in [0.25, 0.3) is 0 Å². The first-order valence-corrected chi connectivity index (χ1v) is 7.50. The summed E-state index contributed by atoms with van der Waals surface area (Å²) >= 11 is 3.61. The van der Waals surface area contributed by atoms with Crippen LogP contribution in [0.5, 0.6) is 0 Å². The molecule has 2 rings (SSSR count). The summed E-state index contributed by atoms with van der Waals surface area (Å²) in [6, 6.07) is 10.4. The van der Waals surface area contributed by atoms with E-state index in [0.29, 0.717) is 6.04 Å². The molecule has 20 heavy (non-hydrogen) atoms. The Morgan fingerprint density at radius 1 is 1.30 bits per heavy atom. The number of hydrogen-bond donors (Lipinski definition) is 1. The van der Waals surface area contributed by atoms with Crippen LogP contribution in [0.2, 0.25) is 0 Å². The predicted molar refractivity (Wildman–Crippen MR) is 88.8 cm³/mol. The number of aryl methyl sites for hydroxylation is 1. The van der Waals surface area contributed by atoms with E-state index in [4.69, 9.17) is 5.73 Å². The van der Waals surface area contributed by atoms with Crippen molar-refractivity contribution >= 4 is 27.4 Å². The maximum Gasteiger partial charge on any atom is 0.143 e. The van der Waals surface area contributed by atoms with Gasteiger partial charge in [0.15, 0.2) is 0 Å². The van der Waals surface area contributed by atoms with Crippen LogP contribution in [-0.4, -0.2) is 11.0 Å². The van der Waals surface area contributed by atoms with Gasteiger partial charge in [-0.3, -0.25) is 0 Å². The van der Waals surface area contributed by atoms with Gasteiger partial charge in [0.1, 0.15) is 5.82 Å². The molecule has 0 fully saturated rings. The molecule has 4 heteroatoms. The molecular formula is C16H20BrN3. The summed E-state index contributed by atoms with van der Waals surface area (Å²) in [6.07, 6.45) is 1.89. The molecule has 106 valence electrons. The highest BCUT2D eigenvalue weighted by Crippen LogP contribution is 2.28. The maximum absolute atomic E-state index is 6.05. The lowest BCUT2D eigenvalue weighted by Crippen LogP contribution is -2.31. The van der Waals surface area contributed by atoms with Gasteiger partial charge in [-0.1, -0.05) is 18.2 Å². The summed E-state index contributed by atoms with van der Waals surface area (Å²) in [4.78, 5) is 6.81. The Hall–Kier alpha value is -1.55. The highest BCUT2D eigenvalue weighted by Gasteiger charge is 2.16. The minimum Gasteiger partial charge on any atom is -0.398 e. The highest BCUT2D eigenvalue weighted by molar-refractivity contribution is 9.10. The van der Waals surface area contributed by atoms with E-state index < -0.39 is 0 Å². The minimum atomic E-state index is 0.334. The van der Waals surface area contributed by atoms with Gasteiger partial charge in [-0.15, -0.1) is 0 Å². The third-order valence-corrected chi connectivity index (χ3v) is 3.83. The SMILES string of the molecule is Cc1cnc(N(Cc2ccccc2N)C(C)C)c(Br)c1. The molecule has 2 N–H and O–H groups in total. The third kappa shape index (κ3) is 3.31. The molecule has 0 saturated carbocycles. The normalized spacial score (nSPS) is 10.8. The number of anilines is 2. The molecule has 0 aliphatic heterocycles. The molecule has 1 aromatic carbocycles. The first kappa shape index (κ1) is 14.9. The van der Waals surface area contributed by atoms with Crippen molar-refractivity contribution in [2.45, 2.75) is 33.4 Å². The third-order valence-electron chi connectivity index (χ3n) is 3.25. The van der Waals surface area contributed by atoms with Gasteiger partial charge in [-0.05, 0) is 60.0 Å². The summed E-state index contributed by atoms with van der Waals surface area (Å²) in [5.41, 5.74) is 9.13. The Morgan fingerprint density at radius 2 is 2.00 bits per heavy atom. The molecule has 2 aromatic rings. The number of nitrogens with two attached hydrogens (primary N) is 1. The van der Waals surface area contributed by atoms with Crippen LogP contribution < -0.4 is 10.6 Å². The number of nitrogens with zero attached hydrogens (tertiary/aromatic N) is 2. The van der Waals surface area contributed by atoms with Crippen molar-refractivity contribution in [2.24, 2.45) is 0 Å². The highest BCUT2D eigenvalue weighted by atomic mass is 79.9. The van der Waals surface area contributed by atoms with Crippen LogP contribution >= 0.6 is 15.9 Å². The van der Waals surface area contributed by atoms with Gasteiger partial charge >= 0.3 is 0 Å². The molecule has 0 unspecified atom stereocenters. The molecule has 0 atom stereocenters. The molecule has 0 bridgehead atoms. The fourth-order valence-electron chi connectivity index (χ4n) is 2.10. The van der Waals surface area contributed by atoms with E-state index in [-0.39, 0.29) is 0 Å². The molecule has 1 aromatic heterocycles. The van der Waals surface area contributed by atoms with Gasteiger partial charge < -0.3 is 10.6 Å². The lowest BCUT2D eigenvalue weighted by molar-refractivity contribution is 0.671. The molecule has 0 radical (unpaired) electrons. The fourth-order valence-corrected chi connectivity index (χ4v) is 2.79. The standard InChI is InChI=1S/C16H20BrN3/c1-11(2)20(10-13-6-4-5-7-15(13)18)16-14(17)8-12(3)9-19-16/h4-9,11H,10,18H2,1-3H3. The number of halogens is 1. The van der Waals surface area contributed by atoms with Crippen molar-refractivity contribution in [1.29, 1.82) is 0 Å². The van der Waals surface area contributed by atoms with Gasteiger partial charge in [0.05, 0.1) is 4.47 Å². The second-order valence-corrected chi connectivity index (χ2v) is 6.09. The van der Waals surface area contributed by atoms with E-state index in [9.17, 15) is 0 Å². The average molecular weight is 334 g/mol. The van der Waals surface area contributed by atoms with Crippen LogP contribution in [-0.2, 0) is 6.54 Å². The smallest absolute Gasteiger partial charge is 0.143 e. The van der Waals surface area contributed by atoms with Crippen molar-refractivity contribution in [1.82, 2.24) is 4.98 Å². The summed E-state index contributed by atoms with van der Waals surface area (Å²) in [6.45, 7) is 7.11. The van der Waals surface area contributed by atoms with E-state index >= 15 is 0 Å². The lowest BCUT2D eigenvalue weighted by Gasteiger charge is -2.29. The van der Waals surface area contributed by atoms with Crippen LogP contribution in [0.1, 0.15) is 25.0 Å². The molecule has 3 nitrogen and oxygen atoms in total. The number of para-hydroxylation sites is 1. The Labute approximate surface area is 129 Å². The van der Waals surface area contributed by atoms with Gasteiger partial charge in [-0.25, -0.2) is 4.98 Å². The topological polar surface area (TPSA) is 42.2 Å². The number of aromatic nitrogens is 1. The molecule has 0 aliphatic carbocycles. The second kappa shape index (κ2) is 6.27. The molecule has 1 heterocycles. The zero-order valence-corrected chi connectivity index (χ0v) is 13.7. The van der Waals surface area contributed by atoms with Gasteiger partial charge in [0.25, 0.3) is 0 Å². The van der Waals surface area contributed by atoms with Crippen molar-refractivity contribution in [3.8, 4) is 0 Å². The van der Waals surface area contributed by atoms with Crippen LogP contribution in [0.4, 0.5) is 11.5 Å². The maximum atomic E-state index is 6.05. The molecular weight excluding hydrogens is 314 g/mol. The lowest BCUT2D eigenvalue weighted by atomic mass is 10.1. The predicted octanol–water partition coefficient (Wildman–Crippen LogP) is 4.15. The Morgan fingerprint density at radius 3 is 2.60 bits per heavy atom. The van der Waals surface area contributed by atoms with Gasteiger partial charge in [0.2, 0.25) is 0 Å². The fraction of sp³-hybridized carbons (Fsp3) is 0.312. The van der Waals surface area contributed by atoms with Crippen molar-refractivity contribution in [2.75, 3.05) is 10.6 Å².